The molecule has 3 unspecified atom stereocenters. The van der Waals surface area contributed by atoms with Crippen molar-refractivity contribution in [1.82, 2.24) is 0 Å². The predicted octanol–water partition coefficient (Wildman–Crippen LogP) is 1.44. The molecule has 0 saturated carbocycles. The lowest BCUT2D eigenvalue weighted by Crippen LogP contribution is -2.13. The molecule has 12 heavy (non-hydrogen) atoms. The van der Waals surface area contributed by atoms with Crippen LogP contribution < -0.4 is 0 Å². The Balaban J connectivity index is 2.07. The third-order valence-corrected chi connectivity index (χ3v) is 2.57. The zero-order valence-electron chi connectivity index (χ0n) is 7.40. The van der Waals surface area contributed by atoms with E-state index in [0.717, 1.165) is 12.8 Å². The molecule has 1 N–H and O–H groups in total. The highest BCUT2D eigenvalue weighted by Crippen LogP contribution is 2.31. The minimum Gasteiger partial charge on any atom is -0.350 e. The predicted molar refractivity (Wildman–Crippen MR) is 45.7 cm³/mol. The molecule has 1 rings (SSSR count). The van der Waals surface area contributed by atoms with Gasteiger partial charge in [0.25, 0.3) is 0 Å². The summed E-state index contributed by atoms with van der Waals surface area (Å²) in [6.45, 7) is 2.02. The summed E-state index contributed by atoms with van der Waals surface area (Å²) in [7, 11) is 0.0545. The first-order valence-corrected chi connectivity index (χ1v) is 5.39. The Bertz CT molecular complexity index is 133. The topological polar surface area (TPSA) is 47.9 Å². The van der Waals surface area contributed by atoms with E-state index >= 15 is 0 Å². The summed E-state index contributed by atoms with van der Waals surface area (Å²) < 4.78 is 15.3. The fraction of sp³-hybridized carbons (Fsp3) is 1.00. The van der Waals surface area contributed by atoms with Crippen molar-refractivity contribution < 1.29 is 18.9 Å². The van der Waals surface area contributed by atoms with E-state index in [9.17, 15) is 0 Å². The maximum Gasteiger partial charge on any atom is 0.195 e. The van der Waals surface area contributed by atoms with Gasteiger partial charge in [-0.25, -0.2) is 0 Å². The molecule has 0 bridgehead atoms. The first kappa shape index (κ1) is 10.4. The van der Waals surface area contributed by atoms with Crippen LogP contribution in [0.2, 0.25) is 0 Å². The van der Waals surface area contributed by atoms with Gasteiger partial charge in [0.1, 0.15) is 6.35 Å². The van der Waals surface area contributed by atoms with Crippen molar-refractivity contribution in [3.63, 3.8) is 0 Å². The highest BCUT2D eigenvalue weighted by molar-refractivity contribution is 7.45. The minimum atomic E-state index is -1.41. The van der Waals surface area contributed by atoms with Gasteiger partial charge >= 0.3 is 0 Å². The van der Waals surface area contributed by atoms with Crippen molar-refractivity contribution in [2.24, 2.45) is 0 Å². The van der Waals surface area contributed by atoms with Gasteiger partial charge in [0.05, 0.1) is 6.10 Å². The molecule has 1 heterocycles. The molecular weight excluding hydrogens is 179 g/mol. The van der Waals surface area contributed by atoms with Gasteiger partial charge in [-0.2, -0.15) is 0 Å². The first-order chi connectivity index (χ1) is 5.72. The van der Waals surface area contributed by atoms with Gasteiger partial charge in [-0.3, -0.25) is 0 Å². The summed E-state index contributed by atoms with van der Waals surface area (Å²) in [4.78, 5) is 9.05. The molecule has 0 radical (unpaired) electrons. The van der Waals surface area contributed by atoms with Crippen LogP contribution in [0.5, 0.6) is 0 Å². The molecule has 0 amide bonds. The van der Waals surface area contributed by atoms with Gasteiger partial charge in [-0.05, 0) is 13.3 Å². The Morgan fingerprint density at radius 2 is 2.33 bits per heavy atom. The normalized spacial score (nSPS) is 32.2. The Labute approximate surface area is 73.7 Å². The van der Waals surface area contributed by atoms with E-state index in [1.165, 1.54) is 7.11 Å². The van der Waals surface area contributed by atoms with Gasteiger partial charge < -0.3 is 18.9 Å². The van der Waals surface area contributed by atoms with Crippen LogP contribution in [0.15, 0.2) is 0 Å². The number of hydrogen-bond acceptors (Lipinski definition) is 4. The molecule has 1 aliphatic rings. The van der Waals surface area contributed by atoms with Crippen LogP contribution >= 0.6 is 8.38 Å². The Kier molecular flexibility index (Phi) is 4.40. The van der Waals surface area contributed by atoms with E-state index in [2.05, 4.69) is 4.52 Å². The molecule has 0 aromatic rings. The van der Waals surface area contributed by atoms with E-state index < -0.39 is 8.38 Å². The summed E-state index contributed by atoms with van der Waals surface area (Å²) >= 11 is 0. The van der Waals surface area contributed by atoms with Crippen LogP contribution in [0, 0.1) is 0 Å². The fourth-order valence-electron chi connectivity index (χ4n) is 1.09. The summed E-state index contributed by atoms with van der Waals surface area (Å²) in [6, 6.07) is 0. The summed E-state index contributed by atoms with van der Waals surface area (Å²) in [6.07, 6.45) is 2.31. The van der Waals surface area contributed by atoms with Crippen LogP contribution in [0.4, 0.5) is 0 Å². The maximum atomic E-state index is 9.05. The number of ether oxygens (including phenoxy) is 2. The molecule has 1 saturated heterocycles. The lowest BCUT2D eigenvalue weighted by atomic mass is 10.3. The van der Waals surface area contributed by atoms with Crippen LogP contribution in [0.25, 0.3) is 0 Å². The van der Waals surface area contributed by atoms with E-state index in [1.54, 1.807) is 0 Å². The second-order valence-corrected chi connectivity index (χ2v) is 4.11. The zero-order valence-corrected chi connectivity index (χ0v) is 8.29. The summed E-state index contributed by atoms with van der Waals surface area (Å²) in [5.41, 5.74) is 0. The van der Waals surface area contributed by atoms with Crippen molar-refractivity contribution >= 4 is 8.38 Å². The van der Waals surface area contributed by atoms with Crippen molar-refractivity contribution in [1.29, 1.82) is 0 Å². The van der Waals surface area contributed by atoms with Crippen LogP contribution in [0.3, 0.4) is 0 Å². The van der Waals surface area contributed by atoms with Crippen LogP contribution in [-0.4, -0.2) is 30.7 Å². The number of rotatable bonds is 4. The van der Waals surface area contributed by atoms with Crippen LogP contribution in [0.1, 0.15) is 19.8 Å². The Morgan fingerprint density at radius 1 is 1.58 bits per heavy atom. The first-order valence-electron chi connectivity index (χ1n) is 4.00. The maximum absolute atomic E-state index is 9.05. The molecule has 0 aromatic carbocycles. The van der Waals surface area contributed by atoms with Gasteiger partial charge in [-0.1, -0.05) is 0 Å². The minimum absolute atomic E-state index is 0.146. The third kappa shape index (κ3) is 3.33. The molecule has 1 aliphatic heterocycles. The van der Waals surface area contributed by atoms with Crippen molar-refractivity contribution in [2.75, 3.05) is 13.5 Å². The molecule has 1 fully saturated rings. The molecule has 0 aliphatic carbocycles. The Hall–Kier alpha value is 0.270. The third-order valence-electron chi connectivity index (χ3n) is 1.77. The quantitative estimate of drug-likeness (QED) is 0.688. The second kappa shape index (κ2) is 5.10. The standard InChI is InChI=1S/C7H15O4P/c1-6-3-4-7(11-6)10-5-12(8)9-2/h6-8H,3-5H2,1-2H3. The van der Waals surface area contributed by atoms with Gasteiger partial charge in [0, 0.05) is 13.5 Å². The second-order valence-electron chi connectivity index (χ2n) is 2.78. The largest absolute Gasteiger partial charge is 0.350 e. The van der Waals surface area contributed by atoms with Gasteiger partial charge in [0.15, 0.2) is 14.7 Å². The molecule has 3 atom stereocenters. The average Bonchev–Trinajstić information content (AvgIpc) is 2.47. The van der Waals surface area contributed by atoms with Crippen molar-refractivity contribution in [2.45, 2.75) is 32.2 Å². The highest BCUT2D eigenvalue weighted by Gasteiger charge is 2.22. The molecule has 72 valence electrons. The molecule has 5 heteroatoms. The van der Waals surface area contributed by atoms with Crippen molar-refractivity contribution in [3.8, 4) is 0 Å². The molecular formula is C7H15O4P. The van der Waals surface area contributed by atoms with E-state index in [1.807, 2.05) is 6.92 Å². The van der Waals surface area contributed by atoms with Crippen LogP contribution in [-0.2, 0) is 14.0 Å². The average molecular weight is 194 g/mol. The van der Waals surface area contributed by atoms with Crippen molar-refractivity contribution in [3.05, 3.63) is 0 Å². The van der Waals surface area contributed by atoms with E-state index in [-0.39, 0.29) is 18.7 Å². The SMILES string of the molecule is COP(O)COC1CCC(C)O1. The van der Waals surface area contributed by atoms with Gasteiger partial charge in [0.2, 0.25) is 0 Å². The number of hydrogen-bond donors (Lipinski definition) is 1. The molecule has 4 nitrogen and oxygen atoms in total. The lowest BCUT2D eigenvalue weighted by Gasteiger charge is -2.13. The highest BCUT2D eigenvalue weighted by atomic mass is 31.2. The lowest BCUT2D eigenvalue weighted by molar-refractivity contribution is -0.118. The van der Waals surface area contributed by atoms with Gasteiger partial charge in [-0.15, -0.1) is 0 Å². The van der Waals surface area contributed by atoms with E-state index in [4.69, 9.17) is 14.4 Å². The molecule has 0 spiro atoms. The fourth-order valence-corrected chi connectivity index (χ4v) is 1.49. The Morgan fingerprint density at radius 3 is 2.83 bits per heavy atom. The monoisotopic (exact) mass is 194 g/mol. The van der Waals surface area contributed by atoms with E-state index in [0.29, 0.717) is 0 Å². The summed E-state index contributed by atoms with van der Waals surface area (Å²) in [5, 5.41) is 0. The zero-order chi connectivity index (χ0) is 8.97. The summed E-state index contributed by atoms with van der Waals surface area (Å²) in [5.74, 6) is 0. The molecule has 0 aromatic heterocycles. The smallest absolute Gasteiger partial charge is 0.195 e.